The number of pyridine rings is 1. The average Bonchev–Trinajstić information content (AvgIpc) is 3.38. The summed E-state index contributed by atoms with van der Waals surface area (Å²) in [6.45, 7) is 0. The quantitative estimate of drug-likeness (QED) is 0.526. The number of hydrogen-bond donors (Lipinski definition) is 1. The topological polar surface area (TPSA) is 72.7 Å². The van der Waals surface area contributed by atoms with Gasteiger partial charge in [-0.3, -0.25) is 15.1 Å². The van der Waals surface area contributed by atoms with Crippen LogP contribution in [0.2, 0.25) is 0 Å². The van der Waals surface area contributed by atoms with Gasteiger partial charge in [-0.05, 0) is 42.5 Å². The summed E-state index contributed by atoms with van der Waals surface area (Å²) in [7, 11) is 0. The lowest BCUT2D eigenvalue weighted by Gasteiger charge is -2.05. The summed E-state index contributed by atoms with van der Waals surface area (Å²) in [5.74, 6) is -0.375. The molecule has 0 atom stereocenters. The molecule has 0 saturated heterocycles. The monoisotopic (exact) mass is 415 g/mol. The van der Waals surface area contributed by atoms with Gasteiger partial charge in [-0.15, -0.1) is 11.3 Å². The Hall–Kier alpha value is -3.53. The predicted molar refractivity (Wildman–Crippen MR) is 102 cm³/mol. The molecule has 0 aliphatic carbocycles. The Bertz CT molecular complexity index is 1140. The van der Waals surface area contributed by atoms with Crippen LogP contribution in [0.3, 0.4) is 0 Å². The van der Waals surface area contributed by atoms with Crippen molar-refractivity contribution < 1.29 is 18.0 Å². The number of aromatic nitrogens is 4. The van der Waals surface area contributed by atoms with Crippen LogP contribution in [-0.4, -0.2) is 25.7 Å². The number of carbonyl (C=O) groups excluding carboxylic acids is 1. The number of carbonyl (C=O) groups is 1. The smallest absolute Gasteiger partial charge is 0.298 e. The zero-order chi connectivity index (χ0) is 20.4. The Balaban J connectivity index is 1.46. The second-order valence-electron chi connectivity index (χ2n) is 5.92. The van der Waals surface area contributed by atoms with E-state index in [4.69, 9.17) is 0 Å². The Labute approximate surface area is 166 Å². The fourth-order valence-corrected chi connectivity index (χ4v) is 3.25. The van der Waals surface area contributed by atoms with Gasteiger partial charge in [0.1, 0.15) is 0 Å². The average molecular weight is 415 g/mol. The van der Waals surface area contributed by atoms with E-state index in [1.54, 1.807) is 18.5 Å². The fourth-order valence-electron chi connectivity index (χ4n) is 2.53. The minimum absolute atomic E-state index is 0.343. The number of halogens is 3. The lowest BCUT2D eigenvalue weighted by Crippen LogP contribution is -2.12. The number of alkyl halides is 3. The van der Waals surface area contributed by atoms with Crippen LogP contribution in [0.25, 0.3) is 16.9 Å². The zero-order valence-electron chi connectivity index (χ0n) is 14.6. The third-order valence-electron chi connectivity index (χ3n) is 3.96. The highest BCUT2D eigenvalue weighted by Crippen LogP contribution is 2.28. The van der Waals surface area contributed by atoms with Crippen LogP contribution in [0.1, 0.15) is 16.1 Å². The molecule has 6 nitrogen and oxygen atoms in total. The molecule has 1 N–H and O–H groups in total. The van der Waals surface area contributed by atoms with Crippen LogP contribution in [0.15, 0.2) is 66.4 Å². The Morgan fingerprint density at radius 2 is 1.90 bits per heavy atom. The summed E-state index contributed by atoms with van der Waals surface area (Å²) in [6, 6.07) is 10.6. The van der Waals surface area contributed by atoms with Crippen molar-refractivity contribution >= 4 is 22.4 Å². The number of anilines is 1. The predicted octanol–water partition coefficient (Wildman–Crippen LogP) is 4.66. The van der Waals surface area contributed by atoms with Gasteiger partial charge in [0.05, 0.1) is 11.4 Å². The molecular weight excluding hydrogens is 403 g/mol. The van der Waals surface area contributed by atoms with Gasteiger partial charge in [0.15, 0.2) is 10.8 Å². The Morgan fingerprint density at radius 3 is 2.55 bits per heavy atom. The summed E-state index contributed by atoms with van der Waals surface area (Å²) in [5, 5.41) is 8.45. The molecule has 1 aromatic carbocycles. The van der Waals surface area contributed by atoms with Crippen LogP contribution in [0.5, 0.6) is 0 Å². The molecule has 29 heavy (non-hydrogen) atoms. The number of rotatable bonds is 4. The molecule has 3 aromatic heterocycles. The highest BCUT2D eigenvalue weighted by molar-refractivity contribution is 7.14. The van der Waals surface area contributed by atoms with E-state index >= 15 is 0 Å². The molecule has 0 radical (unpaired) electrons. The maximum absolute atomic E-state index is 12.7. The van der Waals surface area contributed by atoms with E-state index in [1.165, 1.54) is 41.8 Å². The molecule has 4 rings (SSSR count). The summed E-state index contributed by atoms with van der Waals surface area (Å²) >= 11 is 1.28. The van der Waals surface area contributed by atoms with Gasteiger partial charge in [0.25, 0.3) is 5.91 Å². The molecule has 0 unspecified atom stereocenters. The lowest BCUT2D eigenvalue weighted by molar-refractivity contribution is -0.141. The summed E-state index contributed by atoms with van der Waals surface area (Å²) in [5.41, 5.74) is 1.31. The molecule has 0 bridgehead atoms. The van der Waals surface area contributed by atoms with E-state index in [9.17, 15) is 18.0 Å². The van der Waals surface area contributed by atoms with Gasteiger partial charge >= 0.3 is 6.18 Å². The van der Waals surface area contributed by atoms with Crippen LogP contribution >= 0.6 is 11.3 Å². The fraction of sp³-hybridized carbons (Fsp3) is 0.0526. The van der Waals surface area contributed by atoms with E-state index in [2.05, 4.69) is 20.4 Å². The normalized spacial score (nSPS) is 11.4. The molecule has 4 aromatic rings. The maximum atomic E-state index is 12.7. The lowest BCUT2D eigenvalue weighted by atomic mass is 10.2. The molecule has 3 heterocycles. The van der Waals surface area contributed by atoms with Gasteiger partial charge in [0, 0.05) is 35.1 Å². The number of amides is 1. The van der Waals surface area contributed by atoms with Crippen molar-refractivity contribution in [1.29, 1.82) is 0 Å². The van der Waals surface area contributed by atoms with Crippen molar-refractivity contribution in [2.75, 3.05) is 5.32 Å². The van der Waals surface area contributed by atoms with Crippen LogP contribution in [-0.2, 0) is 6.18 Å². The molecule has 146 valence electrons. The number of benzene rings is 1. The van der Waals surface area contributed by atoms with E-state index in [1.807, 2.05) is 11.4 Å². The zero-order valence-corrected chi connectivity index (χ0v) is 15.4. The molecule has 0 saturated carbocycles. The standard InChI is InChI=1S/C19H12F3N5OS/c20-19(21,22)16-7-9-27(26-16)14-5-3-12(4-6-14)17(28)25-18-24-15(11-29-18)13-2-1-8-23-10-13/h1-11H,(H,24,25,28). The van der Waals surface area contributed by atoms with Gasteiger partial charge in [-0.1, -0.05) is 0 Å². The first-order valence-electron chi connectivity index (χ1n) is 8.31. The minimum atomic E-state index is -4.51. The molecule has 0 spiro atoms. The number of hydrogen-bond acceptors (Lipinski definition) is 5. The number of nitrogens with one attached hydrogen (secondary N) is 1. The largest absolute Gasteiger partial charge is 0.435 e. The molecule has 0 fully saturated rings. The van der Waals surface area contributed by atoms with E-state index in [0.717, 1.165) is 16.3 Å². The van der Waals surface area contributed by atoms with E-state index in [-0.39, 0.29) is 5.91 Å². The van der Waals surface area contributed by atoms with Crippen LogP contribution in [0, 0.1) is 0 Å². The molecule has 10 heteroatoms. The SMILES string of the molecule is O=C(Nc1nc(-c2cccnc2)cs1)c1ccc(-n2ccc(C(F)(F)F)n2)cc1. The van der Waals surface area contributed by atoms with Crippen molar-refractivity contribution in [3.63, 3.8) is 0 Å². The third-order valence-corrected chi connectivity index (χ3v) is 4.71. The first-order chi connectivity index (χ1) is 13.9. The minimum Gasteiger partial charge on any atom is -0.298 e. The van der Waals surface area contributed by atoms with E-state index < -0.39 is 11.9 Å². The van der Waals surface area contributed by atoms with E-state index in [0.29, 0.717) is 22.1 Å². The van der Waals surface area contributed by atoms with Gasteiger partial charge in [0.2, 0.25) is 0 Å². The highest BCUT2D eigenvalue weighted by Gasteiger charge is 2.33. The molecular formula is C19H12F3N5OS. The van der Waals surface area contributed by atoms with Crippen molar-refractivity contribution in [2.24, 2.45) is 0 Å². The van der Waals surface area contributed by atoms with Crippen LogP contribution in [0.4, 0.5) is 18.3 Å². The van der Waals surface area contributed by atoms with Crippen molar-refractivity contribution in [1.82, 2.24) is 19.7 Å². The summed E-state index contributed by atoms with van der Waals surface area (Å²) < 4.78 is 39.1. The highest BCUT2D eigenvalue weighted by atomic mass is 32.1. The second kappa shape index (κ2) is 7.47. The molecule has 0 aliphatic heterocycles. The molecule has 1 amide bonds. The Kier molecular flexibility index (Phi) is 4.85. The number of thiazole rings is 1. The van der Waals surface area contributed by atoms with Crippen LogP contribution < -0.4 is 5.32 Å². The first kappa shape index (κ1) is 18.8. The summed E-state index contributed by atoms with van der Waals surface area (Å²) in [6.07, 6.45) is 0.0507. The van der Waals surface area contributed by atoms with Gasteiger partial charge < -0.3 is 0 Å². The third kappa shape index (κ3) is 4.16. The Morgan fingerprint density at radius 1 is 1.10 bits per heavy atom. The van der Waals surface area contributed by atoms with Crippen molar-refractivity contribution in [2.45, 2.75) is 6.18 Å². The first-order valence-corrected chi connectivity index (χ1v) is 9.19. The van der Waals surface area contributed by atoms with Crippen molar-refractivity contribution in [3.05, 3.63) is 77.7 Å². The number of nitrogens with zero attached hydrogens (tertiary/aromatic N) is 4. The maximum Gasteiger partial charge on any atom is 0.435 e. The summed E-state index contributed by atoms with van der Waals surface area (Å²) in [4.78, 5) is 20.8. The molecule has 0 aliphatic rings. The van der Waals surface area contributed by atoms with Crippen molar-refractivity contribution in [3.8, 4) is 16.9 Å². The van der Waals surface area contributed by atoms with Gasteiger partial charge in [-0.25, -0.2) is 9.67 Å². The van der Waals surface area contributed by atoms with Gasteiger partial charge in [-0.2, -0.15) is 18.3 Å². The second-order valence-corrected chi connectivity index (χ2v) is 6.78.